The molecule has 7 nitrogen and oxygen atoms in total. The zero-order chi connectivity index (χ0) is 19.0. The lowest BCUT2D eigenvalue weighted by atomic mass is 10.1. The van der Waals surface area contributed by atoms with Crippen LogP contribution >= 0.6 is 0 Å². The molecule has 0 unspecified atom stereocenters. The molecule has 0 saturated heterocycles. The number of nitrogens with two attached hydrogens (primary N) is 1. The molecule has 9 heteroatoms. The van der Waals surface area contributed by atoms with Gasteiger partial charge in [-0.2, -0.15) is 4.68 Å². The molecule has 0 aliphatic rings. The quantitative estimate of drug-likeness (QED) is 0.769. The second kappa shape index (κ2) is 6.51. The van der Waals surface area contributed by atoms with E-state index < -0.39 is 22.8 Å². The Hall–Kier alpha value is -3.36. The van der Waals surface area contributed by atoms with Crippen LogP contribution in [0.25, 0.3) is 17.1 Å². The Morgan fingerprint density at radius 1 is 1.08 bits per heavy atom. The van der Waals surface area contributed by atoms with Crippen LogP contribution in [0.2, 0.25) is 0 Å². The molecule has 136 valence electrons. The second-order valence-electron chi connectivity index (χ2n) is 5.42. The van der Waals surface area contributed by atoms with Gasteiger partial charge in [0, 0.05) is 31.4 Å². The smallest absolute Gasteiger partial charge is 0.296 e. The fourth-order valence-electron chi connectivity index (χ4n) is 2.72. The van der Waals surface area contributed by atoms with Crippen molar-refractivity contribution in [2.75, 3.05) is 20.0 Å². The van der Waals surface area contributed by atoms with Crippen LogP contribution in [0.4, 0.5) is 14.5 Å². The number of pyridine rings is 1. The van der Waals surface area contributed by atoms with Crippen molar-refractivity contribution in [3.63, 3.8) is 0 Å². The van der Waals surface area contributed by atoms with E-state index in [0.29, 0.717) is 5.75 Å². The van der Waals surface area contributed by atoms with Gasteiger partial charge < -0.3 is 15.2 Å². The molecular weight excluding hydrogens is 346 g/mol. The van der Waals surface area contributed by atoms with Crippen LogP contribution < -0.4 is 20.8 Å². The van der Waals surface area contributed by atoms with E-state index in [2.05, 4.69) is 4.98 Å². The zero-order valence-corrected chi connectivity index (χ0v) is 14.3. The van der Waals surface area contributed by atoms with Crippen LogP contribution in [0.15, 0.2) is 35.3 Å². The van der Waals surface area contributed by atoms with Gasteiger partial charge in [-0.3, -0.25) is 9.48 Å². The van der Waals surface area contributed by atoms with Crippen molar-refractivity contribution in [2.45, 2.75) is 0 Å². The maximum atomic E-state index is 14.5. The molecule has 0 bridgehead atoms. The molecular formula is C17H16F2N4O3. The molecule has 0 fully saturated rings. The summed E-state index contributed by atoms with van der Waals surface area (Å²) in [6, 6.07) is 5.14. The number of anilines is 1. The number of nitrogens with zero attached hydrogens (tertiary/aromatic N) is 3. The van der Waals surface area contributed by atoms with E-state index >= 15 is 0 Å². The Labute approximate surface area is 147 Å². The summed E-state index contributed by atoms with van der Waals surface area (Å²) < 4.78 is 41.2. The van der Waals surface area contributed by atoms with Crippen LogP contribution in [0.1, 0.15) is 0 Å². The Morgan fingerprint density at radius 2 is 1.69 bits per heavy atom. The average Bonchev–Trinajstić information content (AvgIpc) is 2.84. The highest BCUT2D eigenvalue weighted by molar-refractivity contribution is 5.74. The molecule has 2 aromatic heterocycles. The number of methoxy groups -OCH3 is 2. The van der Waals surface area contributed by atoms with E-state index in [9.17, 15) is 13.6 Å². The number of rotatable bonds is 4. The molecule has 0 amide bonds. The van der Waals surface area contributed by atoms with Crippen molar-refractivity contribution in [2.24, 2.45) is 7.05 Å². The fraction of sp³-hybridized carbons (Fsp3) is 0.176. The van der Waals surface area contributed by atoms with E-state index in [1.807, 2.05) is 0 Å². The number of halogens is 2. The van der Waals surface area contributed by atoms with Gasteiger partial charge in [0.25, 0.3) is 5.56 Å². The predicted molar refractivity (Wildman–Crippen MR) is 91.7 cm³/mol. The Morgan fingerprint density at radius 3 is 2.27 bits per heavy atom. The number of hydrogen-bond donors (Lipinski definition) is 1. The van der Waals surface area contributed by atoms with Gasteiger partial charge in [0.1, 0.15) is 28.8 Å². The minimum Gasteiger partial charge on any atom is -0.497 e. The molecule has 3 rings (SSSR count). The maximum absolute atomic E-state index is 14.5. The SMILES string of the molecule is COc1ccnc(-n2c(=O)c(N)c(-c3c(F)cc(OC)cc3F)n2C)c1. The Bertz CT molecular complexity index is 1020. The zero-order valence-electron chi connectivity index (χ0n) is 14.3. The first-order chi connectivity index (χ1) is 12.4. The molecule has 0 atom stereocenters. The monoisotopic (exact) mass is 362 g/mol. The van der Waals surface area contributed by atoms with Crippen molar-refractivity contribution in [1.29, 1.82) is 0 Å². The first kappa shape index (κ1) is 17.5. The van der Waals surface area contributed by atoms with E-state index in [-0.39, 0.29) is 22.9 Å². The van der Waals surface area contributed by atoms with Crippen molar-refractivity contribution < 1.29 is 18.3 Å². The highest BCUT2D eigenvalue weighted by Crippen LogP contribution is 2.32. The summed E-state index contributed by atoms with van der Waals surface area (Å²) in [5.41, 5.74) is 4.39. The van der Waals surface area contributed by atoms with E-state index in [4.69, 9.17) is 15.2 Å². The fourth-order valence-corrected chi connectivity index (χ4v) is 2.72. The first-order valence-corrected chi connectivity index (χ1v) is 7.50. The highest BCUT2D eigenvalue weighted by atomic mass is 19.1. The minimum absolute atomic E-state index is 0.0150. The molecule has 0 spiro atoms. The Balaban J connectivity index is 2.28. The number of aromatic nitrogens is 3. The molecule has 26 heavy (non-hydrogen) atoms. The normalized spacial score (nSPS) is 10.8. The van der Waals surface area contributed by atoms with E-state index in [1.165, 1.54) is 38.2 Å². The van der Waals surface area contributed by atoms with Gasteiger partial charge in [-0.25, -0.2) is 13.8 Å². The van der Waals surface area contributed by atoms with Crippen molar-refractivity contribution in [3.8, 4) is 28.6 Å². The molecule has 0 radical (unpaired) electrons. The van der Waals surface area contributed by atoms with Gasteiger partial charge in [0.05, 0.1) is 25.5 Å². The topological polar surface area (TPSA) is 84.3 Å². The van der Waals surface area contributed by atoms with Crippen LogP contribution in [0.3, 0.4) is 0 Å². The summed E-state index contributed by atoms with van der Waals surface area (Å²) in [6.45, 7) is 0. The summed E-state index contributed by atoms with van der Waals surface area (Å²) in [7, 11) is 4.22. The first-order valence-electron chi connectivity index (χ1n) is 7.50. The lowest BCUT2D eigenvalue weighted by Crippen LogP contribution is -2.21. The standard InChI is InChI=1S/C17H16F2N4O3/c1-22-16(14-11(18)6-10(26-3)7-12(14)19)15(20)17(24)23(22)13-8-9(25-2)4-5-21-13/h4-8H,20H2,1-3H3. The van der Waals surface area contributed by atoms with Crippen LogP contribution in [0, 0.1) is 11.6 Å². The summed E-state index contributed by atoms with van der Waals surface area (Å²) in [5.74, 6) is -1.13. The number of nitrogen functional groups attached to an aromatic ring is 1. The summed E-state index contributed by atoms with van der Waals surface area (Å²) >= 11 is 0. The van der Waals surface area contributed by atoms with Crippen LogP contribution in [-0.2, 0) is 7.05 Å². The van der Waals surface area contributed by atoms with Crippen molar-refractivity contribution in [1.82, 2.24) is 14.3 Å². The Kier molecular flexibility index (Phi) is 4.37. The maximum Gasteiger partial charge on any atom is 0.296 e. The predicted octanol–water partition coefficient (Wildman–Crippen LogP) is 2.12. The van der Waals surface area contributed by atoms with Gasteiger partial charge in [-0.05, 0) is 6.07 Å². The van der Waals surface area contributed by atoms with Crippen LogP contribution in [0.5, 0.6) is 11.5 Å². The third-order valence-corrected chi connectivity index (χ3v) is 3.96. The third kappa shape index (κ3) is 2.67. The molecule has 0 aliphatic heterocycles. The lowest BCUT2D eigenvalue weighted by molar-refractivity contribution is 0.407. The molecule has 3 aromatic rings. The minimum atomic E-state index is -0.903. The third-order valence-electron chi connectivity index (χ3n) is 3.96. The molecule has 1 aromatic carbocycles. The van der Waals surface area contributed by atoms with Crippen LogP contribution in [-0.4, -0.2) is 28.6 Å². The summed E-state index contributed by atoms with van der Waals surface area (Å²) in [6.07, 6.45) is 1.44. The molecule has 0 aliphatic carbocycles. The number of ether oxygens (including phenoxy) is 2. The highest BCUT2D eigenvalue weighted by Gasteiger charge is 2.25. The molecule has 0 saturated carbocycles. The average molecular weight is 362 g/mol. The van der Waals surface area contributed by atoms with Gasteiger partial charge in [0.15, 0.2) is 5.82 Å². The van der Waals surface area contributed by atoms with E-state index in [0.717, 1.165) is 16.8 Å². The summed E-state index contributed by atoms with van der Waals surface area (Å²) in [4.78, 5) is 16.7. The largest absolute Gasteiger partial charge is 0.497 e. The van der Waals surface area contributed by atoms with Gasteiger partial charge in [-0.15, -0.1) is 0 Å². The second-order valence-corrected chi connectivity index (χ2v) is 5.42. The van der Waals surface area contributed by atoms with Gasteiger partial charge in [-0.1, -0.05) is 0 Å². The van der Waals surface area contributed by atoms with E-state index in [1.54, 1.807) is 6.07 Å². The van der Waals surface area contributed by atoms with Crippen molar-refractivity contribution in [3.05, 3.63) is 52.5 Å². The molecule has 2 N–H and O–H groups in total. The van der Waals surface area contributed by atoms with Gasteiger partial charge in [0.2, 0.25) is 0 Å². The number of benzene rings is 1. The van der Waals surface area contributed by atoms with Crippen molar-refractivity contribution >= 4 is 5.69 Å². The number of hydrogen-bond acceptors (Lipinski definition) is 5. The van der Waals surface area contributed by atoms with Gasteiger partial charge >= 0.3 is 0 Å². The molecule has 2 heterocycles. The lowest BCUT2D eigenvalue weighted by Gasteiger charge is -2.12. The summed E-state index contributed by atoms with van der Waals surface area (Å²) in [5, 5.41) is 0.